The second-order valence-electron chi connectivity index (χ2n) is 4.92. The minimum atomic E-state index is -4.93. The number of hydrogen-bond donors (Lipinski definition) is 0. The smallest absolute Gasteiger partial charge is 0.281 e. The molecule has 0 aromatic carbocycles. The van der Waals surface area contributed by atoms with Crippen LogP contribution in [-0.2, 0) is 14.1 Å². The van der Waals surface area contributed by atoms with Crippen LogP contribution in [0.2, 0.25) is 0 Å². The lowest BCUT2D eigenvalue weighted by atomic mass is 10.4. The van der Waals surface area contributed by atoms with Crippen molar-refractivity contribution >= 4 is 49.5 Å². The van der Waals surface area contributed by atoms with E-state index in [2.05, 4.69) is 42.1 Å². The molecule has 0 unspecified atom stereocenters. The number of aryl methyl sites for hydroxylation is 2. The van der Waals surface area contributed by atoms with E-state index in [9.17, 15) is 25.2 Å². The van der Waals surface area contributed by atoms with Gasteiger partial charge in [-0.25, -0.2) is 8.78 Å². The largest absolute Gasteiger partial charge is 0.296 e. The average Bonchev–Trinajstić information content (AvgIpc) is 3.09. The third-order valence-electron chi connectivity index (χ3n) is 3.19. The van der Waals surface area contributed by atoms with E-state index < -0.39 is 17.8 Å². The first kappa shape index (κ1) is 27.0. The SMILES string of the molecule is CCN(CC)S(F)(F)F.Cn1ncc(Br)c1C(F)F.Cn1ncc(Br)c1C=O. The highest BCUT2D eigenvalue weighted by Gasteiger charge is 2.27. The molecule has 2 heterocycles. The van der Waals surface area contributed by atoms with Crippen molar-refractivity contribution in [3.8, 4) is 0 Å². The zero-order chi connectivity index (χ0) is 22.1. The highest BCUT2D eigenvalue weighted by atomic mass is 79.9. The summed E-state index contributed by atoms with van der Waals surface area (Å²) in [6, 6.07) is 0. The Kier molecular flexibility index (Phi) is 12.1. The van der Waals surface area contributed by atoms with Gasteiger partial charge in [0.2, 0.25) is 0 Å². The molecule has 0 radical (unpaired) electrons. The Labute approximate surface area is 178 Å². The molecule has 0 N–H and O–H groups in total. The van der Waals surface area contributed by atoms with E-state index in [0.29, 0.717) is 14.5 Å². The number of rotatable bonds is 5. The zero-order valence-electron chi connectivity index (χ0n) is 15.4. The number of carbonyl (C=O) groups is 1. The van der Waals surface area contributed by atoms with Gasteiger partial charge in [0, 0.05) is 27.2 Å². The Hall–Kier alpha value is -0.990. The molecule has 0 aliphatic heterocycles. The Bertz CT molecular complexity index is 695. The van der Waals surface area contributed by atoms with Crippen molar-refractivity contribution < 1.29 is 25.2 Å². The molecule has 0 atom stereocenters. The molecule has 0 amide bonds. The maximum Gasteiger partial charge on any atom is 0.281 e. The molecule has 0 saturated heterocycles. The van der Waals surface area contributed by atoms with Gasteiger partial charge in [0.05, 0.1) is 21.3 Å². The number of carbonyl (C=O) groups excluding carboxylic acids is 1. The monoisotopic (exact) mass is 559 g/mol. The van der Waals surface area contributed by atoms with Crippen molar-refractivity contribution in [2.75, 3.05) is 13.1 Å². The normalized spacial score (nSPS) is 11.6. The highest BCUT2D eigenvalue weighted by molar-refractivity contribution is 9.10. The van der Waals surface area contributed by atoms with E-state index in [4.69, 9.17) is 0 Å². The maximum atomic E-state index is 12.0. The van der Waals surface area contributed by atoms with Crippen LogP contribution in [0, 0.1) is 0 Å². The van der Waals surface area contributed by atoms with E-state index in [-0.39, 0.29) is 18.8 Å². The molecular weight excluding hydrogens is 541 g/mol. The second-order valence-corrected chi connectivity index (χ2v) is 7.91. The van der Waals surface area contributed by atoms with Crippen LogP contribution in [0.5, 0.6) is 0 Å². The molecule has 0 aliphatic rings. The summed E-state index contributed by atoms with van der Waals surface area (Å²) in [6.45, 7) is 3.14. The summed E-state index contributed by atoms with van der Waals surface area (Å²) >= 11 is 1.19. The van der Waals surface area contributed by atoms with Gasteiger partial charge < -0.3 is 0 Å². The van der Waals surface area contributed by atoms with E-state index in [0.717, 1.165) is 15.4 Å². The van der Waals surface area contributed by atoms with Crippen LogP contribution in [0.15, 0.2) is 21.3 Å². The first-order valence-electron chi connectivity index (χ1n) is 7.65. The van der Waals surface area contributed by atoms with E-state index in [1.807, 2.05) is 0 Å². The van der Waals surface area contributed by atoms with Gasteiger partial charge in [0.15, 0.2) is 6.29 Å². The van der Waals surface area contributed by atoms with Crippen LogP contribution in [0.1, 0.15) is 36.5 Å². The van der Waals surface area contributed by atoms with Crippen molar-refractivity contribution in [3.05, 3.63) is 32.7 Å². The number of aromatic nitrogens is 4. The molecule has 0 aliphatic carbocycles. The zero-order valence-corrected chi connectivity index (χ0v) is 19.4. The molecule has 0 saturated carbocycles. The summed E-state index contributed by atoms with van der Waals surface area (Å²) in [5.41, 5.74) is 0.481. The molecule has 2 rings (SSSR count). The van der Waals surface area contributed by atoms with Crippen molar-refractivity contribution in [2.45, 2.75) is 20.3 Å². The van der Waals surface area contributed by atoms with E-state index in [1.54, 1.807) is 13.2 Å². The molecule has 2 aromatic rings. The summed E-state index contributed by atoms with van der Waals surface area (Å²) in [4.78, 5) is 10.2. The molecular formula is C14H20Br2F5N5OS. The first-order chi connectivity index (χ1) is 12.9. The van der Waals surface area contributed by atoms with E-state index in [1.165, 1.54) is 31.8 Å². The lowest BCUT2D eigenvalue weighted by Gasteiger charge is -2.23. The minimum absolute atomic E-state index is 0.0648. The number of aldehydes is 1. The number of hydrogen-bond acceptors (Lipinski definition) is 4. The van der Waals surface area contributed by atoms with Crippen LogP contribution in [0.25, 0.3) is 0 Å². The molecule has 0 bridgehead atoms. The Balaban J connectivity index is 0.000000392. The minimum Gasteiger partial charge on any atom is -0.296 e. The molecule has 14 heteroatoms. The summed E-state index contributed by atoms with van der Waals surface area (Å²) in [7, 11) is 3.20. The number of alkyl halides is 2. The van der Waals surface area contributed by atoms with E-state index >= 15 is 0 Å². The molecule has 0 fully saturated rings. The Morgan fingerprint density at radius 1 is 1.07 bits per heavy atom. The Morgan fingerprint density at radius 3 is 1.68 bits per heavy atom. The van der Waals surface area contributed by atoms with Gasteiger partial charge in [-0.1, -0.05) is 13.8 Å². The topological polar surface area (TPSA) is 56.0 Å². The van der Waals surface area contributed by atoms with Crippen LogP contribution < -0.4 is 0 Å². The van der Waals surface area contributed by atoms with Gasteiger partial charge >= 0.3 is 0 Å². The van der Waals surface area contributed by atoms with Gasteiger partial charge in [-0.3, -0.25) is 14.2 Å². The lowest BCUT2D eigenvalue weighted by Crippen LogP contribution is -2.19. The van der Waals surface area contributed by atoms with Crippen molar-refractivity contribution in [1.82, 2.24) is 23.9 Å². The van der Waals surface area contributed by atoms with Gasteiger partial charge in [0.1, 0.15) is 11.4 Å². The molecule has 162 valence electrons. The summed E-state index contributed by atoms with van der Waals surface area (Å²) in [5, 5.41) is 7.45. The lowest BCUT2D eigenvalue weighted by molar-refractivity contribution is 0.111. The molecule has 0 spiro atoms. The summed E-state index contributed by atoms with van der Waals surface area (Å²) in [6.07, 6.45) is 1.23. The number of halogens is 7. The third-order valence-corrected chi connectivity index (χ3v) is 5.52. The highest BCUT2D eigenvalue weighted by Crippen LogP contribution is 2.55. The first-order valence-corrected chi connectivity index (χ1v) is 10.5. The van der Waals surface area contributed by atoms with Gasteiger partial charge in [-0.05, 0) is 31.9 Å². The van der Waals surface area contributed by atoms with Gasteiger partial charge in [-0.2, -0.15) is 14.5 Å². The molecule has 28 heavy (non-hydrogen) atoms. The Morgan fingerprint density at radius 2 is 1.54 bits per heavy atom. The van der Waals surface area contributed by atoms with Crippen molar-refractivity contribution in [3.63, 3.8) is 0 Å². The van der Waals surface area contributed by atoms with Crippen LogP contribution in [-0.4, -0.2) is 43.2 Å². The van der Waals surface area contributed by atoms with Gasteiger partial charge in [-0.15, -0.1) is 11.7 Å². The quantitative estimate of drug-likeness (QED) is 0.342. The summed E-state index contributed by atoms with van der Waals surface area (Å²) in [5.74, 6) is 0. The van der Waals surface area contributed by atoms with Crippen LogP contribution in [0.4, 0.5) is 20.4 Å². The summed E-state index contributed by atoms with van der Waals surface area (Å²) < 4.78 is 63.5. The fraction of sp³-hybridized carbons (Fsp3) is 0.500. The van der Waals surface area contributed by atoms with Crippen LogP contribution in [0.3, 0.4) is 0 Å². The average molecular weight is 561 g/mol. The standard InChI is InChI=1S/C5H5BrF2N2.C5H5BrN2O.C4H10F3NS/c1-10-4(5(7)8)3(6)2-9-10;1-8-5(3-9)4(6)2-7-8;1-3-8(4-2)9(5,6)7/h2,5H,1H3;2-3H,1H3;3-4H2,1-2H3. The van der Waals surface area contributed by atoms with Crippen LogP contribution >= 0.6 is 43.2 Å². The fourth-order valence-corrected chi connectivity index (χ4v) is 3.28. The fourth-order valence-electron chi connectivity index (χ4n) is 1.73. The van der Waals surface area contributed by atoms with Crippen molar-refractivity contribution in [2.24, 2.45) is 14.1 Å². The molecule has 2 aromatic heterocycles. The maximum absolute atomic E-state index is 12.0. The third kappa shape index (κ3) is 8.57. The second kappa shape index (κ2) is 12.5. The molecule has 6 nitrogen and oxygen atoms in total. The predicted molar refractivity (Wildman–Crippen MR) is 106 cm³/mol. The number of nitrogens with zero attached hydrogens (tertiary/aromatic N) is 5. The predicted octanol–water partition coefficient (Wildman–Crippen LogP) is 5.82. The van der Waals surface area contributed by atoms with Crippen molar-refractivity contribution in [1.29, 1.82) is 0 Å². The van der Waals surface area contributed by atoms with Gasteiger partial charge in [0.25, 0.3) is 17.8 Å².